The molecule has 0 aromatic heterocycles. The Kier molecular flexibility index (Phi) is 5.47. The lowest BCUT2D eigenvalue weighted by molar-refractivity contribution is -0.117. The summed E-state index contributed by atoms with van der Waals surface area (Å²) in [5.74, 6) is 0.199. The smallest absolute Gasteiger partial charge is 0.238 e. The number of anilines is 1. The van der Waals surface area contributed by atoms with Gasteiger partial charge in [0.05, 0.1) is 18.1 Å². The molecule has 22 heavy (non-hydrogen) atoms. The second kappa shape index (κ2) is 6.98. The molecule has 1 fully saturated rings. The molecule has 1 aromatic carbocycles. The van der Waals surface area contributed by atoms with Crippen LogP contribution in [0, 0.1) is 6.92 Å². The van der Waals surface area contributed by atoms with Gasteiger partial charge in [-0.1, -0.05) is 24.6 Å². The first-order valence-corrected chi connectivity index (χ1v) is 9.51. The highest BCUT2D eigenvalue weighted by atomic mass is 35.5. The minimum Gasteiger partial charge on any atom is -0.325 e. The predicted octanol–water partition coefficient (Wildman–Crippen LogP) is 2.10. The summed E-state index contributed by atoms with van der Waals surface area (Å²) in [7, 11) is -2.95. The highest BCUT2D eigenvalue weighted by Crippen LogP contribution is 2.23. The number of halogens is 1. The summed E-state index contributed by atoms with van der Waals surface area (Å²) in [6, 6.07) is 5.29. The van der Waals surface area contributed by atoms with Crippen molar-refractivity contribution in [3.63, 3.8) is 0 Å². The second-order valence-corrected chi connectivity index (χ2v) is 8.22. The highest BCUT2D eigenvalue weighted by Gasteiger charge is 2.32. The highest BCUT2D eigenvalue weighted by molar-refractivity contribution is 7.91. The molecule has 1 atom stereocenters. The Bertz CT molecular complexity index is 661. The Hall–Kier alpha value is -1.11. The van der Waals surface area contributed by atoms with Crippen LogP contribution < -0.4 is 5.32 Å². The van der Waals surface area contributed by atoms with Crippen molar-refractivity contribution in [3.8, 4) is 0 Å². The van der Waals surface area contributed by atoms with Crippen LogP contribution in [-0.4, -0.2) is 49.9 Å². The molecule has 0 spiro atoms. The van der Waals surface area contributed by atoms with Gasteiger partial charge in [-0.05, 0) is 37.6 Å². The summed E-state index contributed by atoms with van der Waals surface area (Å²) < 4.78 is 23.2. The molecular weight excluding hydrogens is 324 g/mol. The van der Waals surface area contributed by atoms with E-state index in [0.717, 1.165) is 5.56 Å². The van der Waals surface area contributed by atoms with E-state index in [1.54, 1.807) is 18.2 Å². The molecule has 0 bridgehead atoms. The first-order chi connectivity index (χ1) is 10.3. The van der Waals surface area contributed by atoms with Gasteiger partial charge in [-0.25, -0.2) is 8.42 Å². The van der Waals surface area contributed by atoms with E-state index in [2.05, 4.69) is 5.32 Å². The Labute approximate surface area is 136 Å². The van der Waals surface area contributed by atoms with Gasteiger partial charge in [-0.15, -0.1) is 0 Å². The van der Waals surface area contributed by atoms with Crippen LogP contribution in [0.4, 0.5) is 5.69 Å². The summed E-state index contributed by atoms with van der Waals surface area (Å²) in [5, 5.41) is 3.45. The van der Waals surface area contributed by atoms with Crippen LogP contribution in [0.25, 0.3) is 0 Å². The van der Waals surface area contributed by atoms with Crippen LogP contribution in [0.3, 0.4) is 0 Å². The van der Waals surface area contributed by atoms with Crippen molar-refractivity contribution < 1.29 is 13.2 Å². The number of hydrogen-bond acceptors (Lipinski definition) is 4. The normalized spacial score (nSPS) is 20.3. The van der Waals surface area contributed by atoms with Crippen molar-refractivity contribution >= 4 is 33.0 Å². The molecule has 1 aromatic rings. The van der Waals surface area contributed by atoms with Crippen molar-refractivity contribution in [2.75, 3.05) is 29.9 Å². The van der Waals surface area contributed by atoms with Gasteiger partial charge < -0.3 is 5.32 Å². The number of sulfone groups is 1. The van der Waals surface area contributed by atoms with E-state index in [-0.39, 0.29) is 30.0 Å². The van der Waals surface area contributed by atoms with E-state index in [4.69, 9.17) is 11.6 Å². The lowest BCUT2D eigenvalue weighted by atomic mass is 10.2. The molecule has 0 aliphatic carbocycles. The summed E-state index contributed by atoms with van der Waals surface area (Å²) in [6.07, 6.45) is 0.597. The fourth-order valence-corrected chi connectivity index (χ4v) is 4.62. The zero-order chi connectivity index (χ0) is 16.3. The molecule has 1 aliphatic rings. The average molecular weight is 345 g/mol. The lowest BCUT2D eigenvalue weighted by Crippen LogP contribution is -2.41. The van der Waals surface area contributed by atoms with Crippen molar-refractivity contribution in [1.29, 1.82) is 0 Å². The van der Waals surface area contributed by atoms with Gasteiger partial charge in [-0.3, -0.25) is 9.69 Å². The number of rotatable bonds is 5. The Morgan fingerprint density at radius 2 is 2.18 bits per heavy atom. The molecular formula is C15H21ClN2O3S. The second-order valence-electron chi connectivity index (χ2n) is 5.58. The van der Waals surface area contributed by atoms with Gasteiger partial charge in [0.1, 0.15) is 0 Å². The topological polar surface area (TPSA) is 66.5 Å². The number of likely N-dealkylation sites (N-methyl/N-ethyl adjacent to an activating group) is 1. The molecule has 1 N–H and O–H groups in total. The van der Waals surface area contributed by atoms with Gasteiger partial charge in [0.15, 0.2) is 9.84 Å². The van der Waals surface area contributed by atoms with E-state index >= 15 is 0 Å². The van der Waals surface area contributed by atoms with Crippen molar-refractivity contribution in [2.45, 2.75) is 26.3 Å². The summed E-state index contributed by atoms with van der Waals surface area (Å²) in [5.41, 5.74) is 1.51. The molecule has 1 saturated heterocycles. The first kappa shape index (κ1) is 17.2. The minimum atomic E-state index is -2.95. The fraction of sp³-hybridized carbons (Fsp3) is 0.533. The number of amides is 1. The van der Waals surface area contributed by atoms with Crippen molar-refractivity contribution in [2.24, 2.45) is 0 Å². The van der Waals surface area contributed by atoms with Crippen LogP contribution in [0.5, 0.6) is 0 Å². The van der Waals surface area contributed by atoms with Crippen LogP contribution >= 0.6 is 11.6 Å². The number of nitrogens with one attached hydrogen (secondary N) is 1. The maximum Gasteiger partial charge on any atom is 0.238 e. The van der Waals surface area contributed by atoms with Gasteiger partial charge in [0.25, 0.3) is 0 Å². The third kappa shape index (κ3) is 4.21. The van der Waals surface area contributed by atoms with Gasteiger partial charge in [0, 0.05) is 16.8 Å². The van der Waals surface area contributed by atoms with E-state index in [1.807, 2.05) is 18.7 Å². The van der Waals surface area contributed by atoms with Crippen LogP contribution in [0.15, 0.2) is 18.2 Å². The van der Waals surface area contributed by atoms with E-state index in [0.29, 0.717) is 23.7 Å². The van der Waals surface area contributed by atoms with Gasteiger partial charge >= 0.3 is 0 Å². The predicted molar refractivity (Wildman–Crippen MR) is 89.1 cm³/mol. The number of hydrogen-bond donors (Lipinski definition) is 1. The molecule has 7 heteroatoms. The van der Waals surface area contributed by atoms with Gasteiger partial charge in [-0.2, -0.15) is 0 Å². The zero-order valence-electron chi connectivity index (χ0n) is 12.8. The molecule has 5 nitrogen and oxygen atoms in total. The third-order valence-electron chi connectivity index (χ3n) is 4.02. The Morgan fingerprint density at radius 1 is 1.45 bits per heavy atom. The zero-order valence-corrected chi connectivity index (χ0v) is 14.4. The summed E-state index contributed by atoms with van der Waals surface area (Å²) in [4.78, 5) is 14.1. The number of benzene rings is 1. The summed E-state index contributed by atoms with van der Waals surface area (Å²) >= 11 is 6.04. The molecule has 1 heterocycles. The third-order valence-corrected chi connectivity index (χ3v) is 6.18. The Morgan fingerprint density at radius 3 is 2.77 bits per heavy atom. The molecule has 1 aliphatic heterocycles. The molecule has 1 unspecified atom stereocenters. The molecule has 1 amide bonds. The lowest BCUT2D eigenvalue weighted by Gasteiger charge is -2.25. The minimum absolute atomic E-state index is 0.0683. The maximum atomic E-state index is 12.2. The first-order valence-electron chi connectivity index (χ1n) is 7.32. The molecule has 0 saturated carbocycles. The number of nitrogens with zero attached hydrogens (tertiary/aromatic N) is 1. The number of carbonyl (C=O) groups is 1. The SMILES string of the molecule is CCN(CC(=O)Nc1cccc(Cl)c1C)C1CCS(=O)(=O)C1. The molecule has 2 rings (SSSR count). The fourth-order valence-electron chi connectivity index (χ4n) is 2.68. The quantitative estimate of drug-likeness (QED) is 0.888. The maximum absolute atomic E-state index is 12.2. The van der Waals surface area contributed by atoms with E-state index < -0.39 is 9.84 Å². The monoisotopic (exact) mass is 344 g/mol. The van der Waals surface area contributed by atoms with Gasteiger partial charge in [0.2, 0.25) is 5.91 Å². The summed E-state index contributed by atoms with van der Waals surface area (Å²) in [6.45, 7) is 4.60. The van der Waals surface area contributed by atoms with Crippen LogP contribution in [0.2, 0.25) is 5.02 Å². The van der Waals surface area contributed by atoms with Crippen LogP contribution in [-0.2, 0) is 14.6 Å². The van der Waals surface area contributed by atoms with E-state index in [9.17, 15) is 13.2 Å². The Balaban J connectivity index is 1.99. The molecule has 122 valence electrons. The largest absolute Gasteiger partial charge is 0.325 e. The number of carbonyl (C=O) groups excluding carboxylic acids is 1. The van der Waals surface area contributed by atoms with Crippen molar-refractivity contribution in [3.05, 3.63) is 28.8 Å². The standard InChI is InChI=1S/C15H21ClN2O3S/c1-3-18(12-7-8-22(20,21)10-12)9-15(19)17-14-6-4-5-13(16)11(14)2/h4-6,12H,3,7-10H2,1-2H3,(H,17,19). The average Bonchev–Trinajstić information content (AvgIpc) is 2.81. The van der Waals surface area contributed by atoms with Crippen molar-refractivity contribution in [1.82, 2.24) is 4.90 Å². The van der Waals surface area contributed by atoms with E-state index in [1.165, 1.54) is 0 Å². The molecule has 0 radical (unpaired) electrons. The van der Waals surface area contributed by atoms with Crippen LogP contribution in [0.1, 0.15) is 18.9 Å².